The third-order valence-corrected chi connectivity index (χ3v) is 6.14. The Balaban J connectivity index is 1.27. The quantitative estimate of drug-likeness (QED) is 0.574. The summed E-state index contributed by atoms with van der Waals surface area (Å²) >= 11 is 0. The van der Waals surface area contributed by atoms with Gasteiger partial charge in [-0.3, -0.25) is 9.69 Å². The van der Waals surface area contributed by atoms with Crippen LogP contribution in [0, 0.1) is 11.3 Å². The van der Waals surface area contributed by atoms with E-state index in [0.29, 0.717) is 23.2 Å². The van der Waals surface area contributed by atoms with E-state index in [1.165, 1.54) is 5.56 Å². The topological polar surface area (TPSA) is 96.8 Å². The zero-order valence-corrected chi connectivity index (χ0v) is 17.4. The summed E-state index contributed by atoms with van der Waals surface area (Å²) < 4.78 is 0. The molecule has 2 aromatic heterocycles. The number of hydrogen-bond donors (Lipinski definition) is 3. The Labute approximate surface area is 181 Å². The van der Waals surface area contributed by atoms with Gasteiger partial charge in [-0.2, -0.15) is 5.26 Å². The lowest BCUT2D eigenvalue weighted by molar-refractivity contribution is 0.0951. The van der Waals surface area contributed by atoms with Crippen LogP contribution in [0.2, 0.25) is 0 Å². The number of anilines is 1. The van der Waals surface area contributed by atoms with Gasteiger partial charge in [-0.1, -0.05) is 12.1 Å². The fourth-order valence-corrected chi connectivity index (χ4v) is 4.26. The van der Waals surface area contributed by atoms with Crippen molar-refractivity contribution in [3.05, 3.63) is 59.4 Å². The molecule has 1 saturated heterocycles. The number of H-pyrrole nitrogens is 1. The summed E-state index contributed by atoms with van der Waals surface area (Å²) in [7, 11) is 0. The maximum absolute atomic E-state index is 12.8. The summed E-state index contributed by atoms with van der Waals surface area (Å²) in [6, 6.07) is 12.6. The molecule has 0 spiro atoms. The van der Waals surface area contributed by atoms with Crippen molar-refractivity contribution in [1.82, 2.24) is 20.2 Å². The van der Waals surface area contributed by atoms with Crippen molar-refractivity contribution in [2.45, 2.75) is 44.3 Å². The molecule has 158 valence electrons. The number of carbonyl (C=O) groups is 1. The molecule has 1 aliphatic carbocycles. The summed E-state index contributed by atoms with van der Waals surface area (Å²) in [4.78, 5) is 22.8. The maximum atomic E-state index is 12.8. The second-order valence-electron chi connectivity index (χ2n) is 8.54. The molecule has 7 heteroatoms. The predicted molar refractivity (Wildman–Crippen MR) is 120 cm³/mol. The van der Waals surface area contributed by atoms with Crippen molar-refractivity contribution in [3.63, 3.8) is 0 Å². The smallest absolute Gasteiger partial charge is 0.255 e. The van der Waals surface area contributed by atoms with E-state index in [9.17, 15) is 4.79 Å². The molecule has 0 unspecified atom stereocenters. The minimum absolute atomic E-state index is 0.0459. The van der Waals surface area contributed by atoms with Crippen LogP contribution in [0.25, 0.3) is 11.0 Å². The standard InChI is InChI=1S/C24H26N6O/c25-13-16-2-1-3-17(12-16)15-30-10-7-19(8-11-30)28-22-20-6-9-26-23(20)27-14-21(22)24(31)29-18-4-5-18/h1-3,6,9,12,14,18-19H,4-5,7-8,10-11,15H2,(H,29,31)(H2,26,27,28). The summed E-state index contributed by atoms with van der Waals surface area (Å²) in [5, 5.41) is 16.8. The molecule has 1 aromatic carbocycles. The Hall–Kier alpha value is -3.37. The number of fused-ring (bicyclic) bond motifs is 1. The Morgan fingerprint density at radius 2 is 2.03 bits per heavy atom. The van der Waals surface area contributed by atoms with Crippen LogP contribution in [0.15, 0.2) is 42.7 Å². The maximum Gasteiger partial charge on any atom is 0.255 e. The van der Waals surface area contributed by atoms with Crippen LogP contribution in [0.5, 0.6) is 0 Å². The summed E-state index contributed by atoms with van der Waals surface area (Å²) in [6.45, 7) is 2.80. The van der Waals surface area contributed by atoms with Gasteiger partial charge in [0.2, 0.25) is 0 Å². The lowest BCUT2D eigenvalue weighted by Crippen LogP contribution is -2.39. The predicted octanol–water partition coefficient (Wildman–Crippen LogP) is 3.40. The van der Waals surface area contributed by atoms with E-state index in [1.807, 2.05) is 30.5 Å². The van der Waals surface area contributed by atoms with Gasteiger partial charge in [-0.05, 0) is 49.4 Å². The van der Waals surface area contributed by atoms with Gasteiger partial charge in [-0.15, -0.1) is 0 Å². The first-order chi connectivity index (χ1) is 15.2. The zero-order valence-electron chi connectivity index (χ0n) is 17.4. The molecule has 7 nitrogen and oxygen atoms in total. The normalized spacial score (nSPS) is 17.4. The summed E-state index contributed by atoms with van der Waals surface area (Å²) in [6.07, 6.45) is 7.65. The van der Waals surface area contributed by atoms with Crippen LogP contribution >= 0.6 is 0 Å². The van der Waals surface area contributed by atoms with Crippen molar-refractivity contribution in [1.29, 1.82) is 5.26 Å². The zero-order chi connectivity index (χ0) is 21.2. The summed E-state index contributed by atoms with van der Waals surface area (Å²) in [5.74, 6) is -0.0459. The number of aromatic nitrogens is 2. The van der Waals surface area contributed by atoms with Gasteiger partial charge in [0, 0.05) is 49.5 Å². The largest absolute Gasteiger partial charge is 0.381 e. The van der Waals surface area contributed by atoms with Crippen molar-refractivity contribution in [2.75, 3.05) is 18.4 Å². The second kappa shape index (κ2) is 8.40. The van der Waals surface area contributed by atoms with E-state index < -0.39 is 0 Å². The highest BCUT2D eigenvalue weighted by Crippen LogP contribution is 2.29. The third-order valence-electron chi connectivity index (χ3n) is 6.14. The monoisotopic (exact) mass is 414 g/mol. The number of benzene rings is 1. The molecule has 1 amide bonds. The van der Waals surface area contributed by atoms with Crippen LogP contribution in [0.4, 0.5) is 5.69 Å². The number of nitriles is 1. The Kier molecular flexibility index (Phi) is 5.31. The van der Waals surface area contributed by atoms with E-state index in [4.69, 9.17) is 5.26 Å². The van der Waals surface area contributed by atoms with E-state index >= 15 is 0 Å². The lowest BCUT2D eigenvalue weighted by atomic mass is 10.0. The molecule has 31 heavy (non-hydrogen) atoms. The molecule has 0 atom stereocenters. The number of piperidine rings is 1. The average Bonchev–Trinajstić information content (AvgIpc) is 3.47. The molecule has 2 fully saturated rings. The molecule has 1 aliphatic heterocycles. The molecule has 2 aliphatic rings. The van der Waals surface area contributed by atoms with E-state index in [0.717, 1.165) is 62.0 Å². The fraction of sp³-hybridized carbons (Fsp3) is 0.375. The van der Waals surface area contributed by atoms with Crippen LogP contribution in [-0.4, -0.2) is 45.9 Å². The number of nitrogens with one attached hydrogen (secondary N) is 3. The molecule has 0 radical (unpaired) electrons. The van der Waals surface area contributed by atoms with Gasteiger partial charge < -0.3 is 15.6 Å². The number of aromatic amines is 1. The van der Waals surface area contributed by atoms with Crippen LogP contribution < -0.4 is 10.6 Å². The number of carbonyl (C=O) groups excluding carboxylic acids is 1. The number of hydrogen-bond acceptors (Lipinski definition) is 5. The van der Waals surface area contributed by atoms with Crippen LogP contribution in [-0.2, 0) is 6.54 Å². The van der Waals surface area contributed by atoms with E-state index in [-0.39, 0.29) is 5.91 Å². The fourth-order valence-electron chi connectivity index (χ4n) is 4.26. The number of likely N-dealkylation sites (tertiary alicyclic amines) is 1. The van der Waals surface area contributed by atoms with Crippen molar-refractivity contribution >= 4 is 22.6 Å². The highest BCUT2D eigenvalue weighted by Gasteiger charge is 2.27. The summed E-state index contributed by atoms with van der Waals surface area (Å²) in [5.41, 5.74) is 4.17. The molecule has 3 aromatic rings. The molecule has 0 bridgehead atoms. The van der Waals surface area contributed by atoms with Gasteiger partial charge in [-0.25, -0.2) is 4.98 Å². The average molecular weight is 415 g/mol. The lowest BCUT2D eigenvalue weighted by Gasteiger charge is -2.33. The van der Waals surface area contributed by atoms with Crippen LogP contribution in [0.1, 0.15) is 47.2 Å². The molecular weight excluding hydrogens is 388 g/mol. The van der Waals surface area contributed by atoms with Gasteiger partial charge in [0.25, 0.3) is 5.91 Å². The number of nitrogens with zero attached hydrogens (tertiary/aromatic N) is 3. The Morgan fingerprint density at radius 1 is 1.19 bits per heavy atom. The van der Waals surface area contributed by atoms with Crippen LogP contribution in [0.3, 0.4) is 0 Å². The van der Waals surface area contributed by atoms with Gasteiger partial charge in [0.1, 0.15) is 5.65 Å². The first-order valence-corrected chi connectivity index (χ1v) is 10.9. The minimum atomic E-state index is -0.0459. The highest BCUT2D eigenvalue weighted by atomic mass is 16.1. The first kappa shape index (κ1) is 19.6. The van der Waals surface area contributed by atoms with Crippen molar-refractivity contribution in [3.8, 4) is 6.07 Å². The van der Waals surface area contributed by atoms with Gasteiger partial charge >= 0.3 is 0 Å². The number of amides is 1. The minimum Gasteiger partial charge on any atom is -0.381 e. The van der Waals surface area contributed by atoms with Gasteiger partial charge in [0.15, 0.2) is 0 Å². The number of pyridine rings is 1. The van der Waals surface area contributed by atoms with E-state index in [2.05, 4.69) is 37.6 Å². The molecule has 3 N–H and O–H groups in total. The number of rotatable bonds is 6. The molecule has 3 heterocycles. The van der Waals surface area contributed by atoms with Crippen molar-refractivity contribution < 1.29 is 4.79 Å². The SMILES string of the molecule is N#Cc1cccc(CN2CCC(Nc3c(C(=O)NC4CC4)cnc4[nH]ccc34)CC2)c1. The Morgan fingerprint density at radius 3 is 2.81 bits per heavy atom. The molecule has 5 rings (SSSR count). The highest BCUT2D eigenvalue weighted by molar-refractivity contribution is 6.06. The van der Waals surface area contributed by atoms with Crippen molar-refractivity contribution in [2.24, 2.45) is 0 Å². The first-order valence-electron chi connectivity index (χ1n) is 10.9. The Bertz CT molecular complexity index is 1130. The molecular formula is C24H26N6O. The second-order valence-corrected chi connectivity index (χ2v) is 8.54. The third kappa shape index (κ3) is 4.39. The van der Waals surface area contributed by atoms with Gasteiger partial charge in [0.05, 0.1) is 22.9 Å². The van der Waals surface area contributed by atoms with E-state index in [1.54, 1.807) is 6.20 Å². The molecule has 1 saturated carbocycles.